The summed E-state index contributed by atoms with van der Waals surface area (Å²) >= 11 is 0. The fraction of sp³-hybridized carbons (Fsp3) is 0.350. The average Bonchev–Trinajstić information content (AvgIpc) is 2.64. The highest BCUT2D eigenvalue weighted by Crippen LogP contribution is 2.27. The normalized spacial score (nSPS) is 10.4. The molecule has 0 atom stereocenters. The van der Waals surface area contributed by atoms with Crippen molar-refractivity contribution in [1.82, 2.24) is 0 Å². The van der Waals surface area contributed by atoms with E-state index in [1.54, 1.807) is 31.4 Å². The van der Waals surface area contributed by atoms with Crippen LogP contribution in [0.15, 0.2) is 48.5 Å². The number of hydrogen-bond acceptors (Lipinski definition) is 4. The van der Waals surface area contributed by atoms with Gasteiger partial charge in [-0.15, -0.1) is 0 Å². The first-order chi connectivity index (χ1) is 11.8. The zero-order chi connectivity index (χ0) is 17.2. The smallest absolute Gasteiger partial charge is 0.196 e. The number of carbonyl (C=O) groups excluding carboxylic acids is 1. The van der Waals surface area contributed by atoms with E-state index in [0.717, 1.165) is 19.3 Å². The van der Waals surface area contributed by atoms with E-state index in [4.69, 9.17) is 14.2 Å². The van der Waals surface area contributed by atoms with E-state index >= 15 is 0 Å². The molecule has 0 bridgehead atoms. The number of benzene rings is 2. The third-order valence-corrected chi connectivity index (χ3v) is 3.58. The molecule has 0 aliphatic rings. The molecule has 0 radical (unpaired) electrons. The van der Waals surface area contributed by atoms with Crippen molar-refractivity contribution in [2.45, 2.75) is 26.2 Å². The van der Waals surface area contributed by atoms with Crippen LogP contribution in [-0.2, 0) is 4.74 Å². The molecule has 0 unspecified atom stereocenters. The Morgan fingerprint density at radius 1 is 1.00 bits per heavy atom. The number of methoxy groups -OCH3 is 1. The highest BCUT2D eigenvalue weighted by Gasteiger charge is 2.16. The summed E-state index contributed by atoms with van der Waals surface area (Å²) in [5.74, 6) is 1.07. The molecule has 0 amide bonds. The van der Waals surface area contributed by atoms with Gasteiger partial charge in [-0.25, -0.2) is 0 Å². The van der Waals surface area contributed by atoms with Crippen LogP contribution in [0.1, 0.15) is 42.1 Å². The average molecular weight is 328 g/mol. The van der Waals surface area contributed by atoms with Gasteiger partial charge in [0, 0.05) is 12.7 Å². The molecule has 2 aromatic rings. The molecule has 0 saturated heterocycles. The van der Waals surface area contributed by atoms with E-state index in [1.165, 1.54) is 0 Å². The van der Waals surface area contributed by atoms with Crippen molar-refractivity contribution in [2.24, 2.45) is 0 Å². The third kappa shape index (κ3) is 5.10. The van der Waals surface area contributed by atoms with Crippen LogP contribution >= 0.6 is 0 Å². The van der Waals surface area contributed by atoms with Crippen molar-refractivity contribution < 1.29 is 19.0 Å². The van der Waals surface area contributed by atoms with E-state index in [0.29, 0.717) is 29.2 Å². The maximum Gasteiger partial charge on any atom is 0.196 e. The van der Waals surface area contributed by atoms with Gasteiger partial charge < -0.3 is 14.2 Å². The molecule has 4 nitrogen and oxygen atoms in total. The van der Waals surface area contributed by atoms with Crippen molar-refractivity contribution in [3.05, 3.63) is 59.7 Å². The second-order valence-corrected chi connectivity index (χ2v) is 5.46. The first-order valence-electron chi connectivity index (χ1n) is 8.24. The molecule has 0 aromatic heterocycles. The Bertz CT molecular complexity index is 637. The number of ether oxygens (including phenoxy) is 3. The summed E-state index contributed by atoms with van der Waals surface area (Å²) in [6, 6.07) is 14.5. The lowest BCUT2D eigenvalue weighted by Gasteiger charge is -2.13. The number of hydrogen-bond donors (Lipinski definition) is 0. The molecule has 0 aliphatic carbocycles. The minimum Gasteiger partial charge on any atom is -0.494 e. The van der Waals surface area contributed by atoms with Crippen molar-refractivity contribution in [2.75, 3.05) is 20.5 Å². The maximum atomic E-state index is 12.8. The van der Waals surface area contributed by atoms with Crippen molar-refractivity contribution in [3.63, 3.8) is 0 Å². The van der Waals surface area contributed by atoms with Crippen molar-refractivity contribution in [1.29, 1.82) is 0 Å². The van der Waals surface area contributed by atoms with E-state index in [1.807, 2.05) is 24.3 Å². The lowest BCUT2D eigenvalue weighted by molar-refractivity contribution is 0.0503. The standard InChI is InChI=1S/C20H24O4/c1-3-4-8-13-23-17-11-12-19(24-15-22-2)18(14-17)20(21)16-9-6-5-7-10-16/h5-7,9-12,14H,3-4,8,13,15H2,1-2H3. The van der Waals surface area contributed by atoms with Crippen molar-refractivity contribution in [3.8, 4) is 11.5 Å². The Balaban J connectivity index is 2.21. The fourth-order valence-electron chi connectivity index (χ4n) is 2.31. The van der Waals surface area contributed by atoms with Crippen LogP contribution < -0.4 is 9.47 Å². The summed E-state index contributed by atoms with van der Waals surface area (Å²) in [7, 11) is 1.55. The molecule has 0 N–H and O–H groups in total. The molecular formula is C20H24O4. The molecule has 0 saturated carbocycles. The first kappa shape index (κ1) is 18.0. The van der Waals surface area contributed by atoms with Crippen LogP contribution in [0.3, 0.4) is 0 Å². The summed E-state index contributed by atoms with van der Waals surface area (Å²) in [5.41, 5.74) is 1.09. The van der Waals surface area contributed by atoms with E-state index < -0.39 is 0 Å². The van der Waals surface area contributed by atoms with Gasteiger partial charge >= 0.3 is 0 Å². The van der Waals surface area contributed by atoms with Gasteiger partial charge in [0.25, 0.3) is 0 Å². The summed E-state index contributed by atoms with van der Waals surface area (Å²) in [4.78, 5) is 12.8. The Hall–Kier alpha value is -2.33. The Labute approximate surface area is 143 Å². The van der Waals surface area contributed by atoms with Gasteiger partial charge in [-0.1, -0.05) is 50.1 Å². The second kappa shape index (κ2) is 9.73. The predicted octanol–water partition coefficient (Wildman–Crippen LogP) is 4.47. The molecule has 4 heteroatoms. The van der Waals surface area contributed by atoms with Crippen LogP contribution in [0.25, 0.3) is 0 Å². The minimum absolute atomic E-state index is 0.0891. The SMILES string of the molecule is CCCCCOc1ccc(OCOC)c(C(=O)c2ccccc2)c1. The molecule has 0 heterocycles. The highest BCUT2D eigenvalue weighted by molar-refractivity contribution is 6.10. The quantitative estimate of drug-likeness (QED) is 0.367. The molecule has 0 aliphatic heterocycles. The molecule has 2 rings (SSSR count). The van der Waals surface area contributed by atoms with Crippen LogP contribution in [0, 0.1) is 0 Å². The monoisotopic (exact) mass is 328 g/mol. The number of rotatable bonds is 10. The highest BCUT2D eigenvalue weighted by atomic mass is 16.7. The molecule has 0 spiro atoms. The van der Waals surface area contributed by atoms with Crippen molar-refractivity contribution >= 4 is 5.78 Å². The summed E-state index contributed by atoms with van der Waals surface area (Å²) < 4.78 is 16.2. The summed E-state index contributed by atoms with van der Waals surface area (Å²) in [6.45, 7) is 2.88. The van der Waals surface area contributed by atoms with Gasteiger partial charge in [-0.2, -0.15) is 0 Å². The third-order valence-electron chi connectivity index (χ3n) is 3.58. The molecule has 2 aromatic carbocycles. The van der Waals surface area contributed by atoms with Crippen LogP contribution in [-0.4, -0.2) is 26.3 Å². The van der Waals surface area contributed by atoms with Gasteiger partial charge in [0.15, 0.2) is 12.6 Å². The van der Waals surface area contributed by atoms with E-state index in [2.05, 4.69) is 6.92 Å². The maximum absolute atomic E-state index is 12.8. The number of unbranched alkanes of at least 4 members (excludes halogenated alkanes) is 2. The molecule has 24 heavy (non-hydrogen) atoms. The van der Waals surface area contributed by atoms with Gasteiger partial charge in [0.1, 0.15) is 11.5 Å². The summed E-state index contributed by atoms with van der Waals surface area (Å²) in [5, 5.41) is 0. The van der Waals surface area contributed by atoms with Crippen LogP contribution in [0.2, 0.25) is 0 Å². The topological polar surface area (TPSA) is 44.8 Å². The lowest BCUT2D eigenvalue weighted by Crippen LogP contribution is -2.08. The zero-order valence-electron chi connectivity index (χ0n) is 14.3. The molecule has 128 valence electrons. The van der Waals surface area contributed by atoms with Gasteiger partial charge in [-0.3, -0.25) is 4.79 Å². The molecule has 0 fully saturated rings. The van der Waals surface area contributed by atoms with Gasteiger partial charge in [-0.05, 0) is 24.6 Å². The van der Waals surface area contributed by atoms with Crippen LogP contribution in [0.4, 0.5) is 0 Å². The van der Waals surface area contributed by atoms with Gasteiger partial charge in [0.2, 0.25) is 0 Å². The van der Waals surface area contributed by atoms with E-state index in [9.17, 15) is 4.79 Å². The number of ketones is 1. The first-order valence-corrected chi connectivity index (χ1v) is 8.24. The predicted molar refractivity (Wildman–Crippen MR) is 93.8 cm³/mol. The van der Waals surface area contributed by atoms with Gasteiger partial charge in [0.05, 0.1) is 12.2 Å². The number of carbonyl (C=O) groups is 1. The zero-order valence-corrected chi connectivity index (χ0v) is 14.3. The largest absolute Gasteiger partial charge is 0.494 e. The minimum atomic E-state index is -0.0966. The second-order valence-electron chi connectivity index (χ2n) is 5.46. The summed E-state index contributed by atoms with van der Waals surface area (Å²) in [6.07, 6.45) is 3.27. The Kier molecular flexibility index (Phi) is 7.30. The Morgan fingerprint density at radius 3 is 2.50 bits per heavy atom. The van der Waals surface area contributed by atoms with E-state index in [-0.39, 0.29) is 12.6 Å². The Morgan fingerprint density at radius 2 is 1.79 bits per heavy atom. The fourth-order valence-corrected chi connectivity index (χ4v) is 2.31. The molecular weight excluding hydrogens is 304 g/mol. The lowest BCUT2D eigenvalue weighted by atomic mass is 10.0. The van der Waals surface area contributed by atoms with Crippen LogP contribution in [0.5, 0.6) is 11.5 Å².